The molecule has 0 spiro atoms. The van der Waals surface area contributed by atoms with Gasteiger partial charge in [-0.1, -0.05) is 0 Å². The lowest BCUT2D eigenvalue weighted by Gasteiger charge is -2.35. The highest BCUT2D eigenvalue weighted by Gasteiger charge is 2.44. The zero-order valence-electron chi connectivity index (χ0n) is 15.4. The van der Waals surface area contributed by atoms with E-state index in [2.05, 4.69) is 5.10 Å². The molecule has 2 aliphatic rings. The van der Waals surface area contributed by atoms with Gasteiger partial charge >= 0.3 is 5.97 Å². The quantitative estimate of drug-likeness (QED) is 0.742. The summed E-state index contributed by atoms with van der Waals surface area (Å²) in [4.78, 5) is 12.5. The predicted octanol–water partition coefficient (Wildman–Crippen LogP) is 3.45. The van der Waals surface area contributed by atoms with Crippen LogP contribution in [0.5, 0.6) is 11.5 Å². The van der Waals surface area contributed by atoms with Crippen molar-refractivity contribution in [3.8, 4) is 22.8 Å². The molecule has 2 saturated carbocycles. The molecule has 0 amide bonds. The number of carbonyl (C=O) groups excluding carboxylic acids is 1. The monoisotopic (exact) mass is 356 g/mol. The van der Waals surface area contributed by atoms with Crippen molar-refractivity contribution in [2.24, 2.45) is 18.9 Å². The third kappa shape index (κ3) is 3.04. The van der Waals surface area contributed by atoms with Crippen molar-refractivity contribution in [3.63, 3.8) is 0 Å². The Labute approximate surface area is 153 Å². The van der Waals surface area contributed by atoms with E-state index in [1.54, 1.807) is 25.0 Å². The number of ether oxygens (including phenoxy) is 3. The van der Waals surface area contributed by atoms with E-state index >= 15 is 0 Å². The minimum Gasteiger partial charge on any atom is -0.493 e. The fourth-order valence-electron chi connectivity index (χ4n) is 3.74. The van der Waals surface area contributed by atoms with Crippen LogP contribution in [0.25, 0.3) is 11.3 Å². The van der Waals surface area contributed by atoms with E-state index in [0.717, 1.165) is 23.6 Å². The molecule has 2 unspecified atom stereocenters. The van der Waals surface area contributed by atoms with E-state index in [4.69, 9.17) is 14.2 Å². The van der Waals surface area contributed by atoms with Gasteiger partial charge in [0, 0.05) is 12.6 Å². The van der Waals surface area contributed by atoms with Crippen molar-refractivity contribution >= 4 is 5.97 Å². The van der Waals surface area contributed by atoms with Gasteiger partial charge in [-0.25, -0.2) is 4.79 Å². The highest BCUT2D eigenvalue weighted by molar-refractivity contribution is 5.89. The minimum atomic E-state index is -0.331. The fourth-order valence-corrected chi connectivity index (χ4v) is 3.74. The second-order valence-electron chi connectivity index (χ2n) is 7.13. The number of esters is 1. The summed E-state index contributed by atoms with van der Waals surface area (Å²) in [5, 5.41) is 4.35. The average Bonchev–Trinajstić information content (AvgIpc) is 3.37. The van der Waals surface area contributed by atoms with Gasteiger partial charge in [0.2, 0.25) is 0 Å². The van der Waals surface area contributed by atoms with E-state index in [1.165, 1.54) is 19.3 Å². The molecule has 1 aromatic heterocycles. The van der Waals surface area contributed by atoms with Crippen LogP contribution in [0.1, 0.15) is 36.2 Å². The van der Waals surface area contributed by atoms with Gasteiger partial charge in [-0.05, 0) is 61.8 Å². The number of aryl methyl sites for hydroxylation is 1. The molecule has 138 valence electrons. The van der Waals surface area contributed by atoms with Crippen LogP contribution in [0.15, 0.2) is 24.3 Å². The number of carbonyl (C=O) groups is 1. The summed E-state index contributed by atoms with van der Waals surface area (Å²) in [7, 11) is 5.02. The molecule has 0 saturated heterocycles. The van der Waals surface area contributed by atoms with E-state index in [9.17, 15) is 4.79 Å². The molecule has 1 heterocycles. The molecule has 6 nitrogen and oxygen atoms in total. The standard InChI is InChI=1S/C20H24N2O4/c1-22-16(13-6-8-18(24-2)19(10-13)25-3)11-15(21-22)20(23)26-17-9-7-14(17)12-4-5-12/h6,8,10-12,14,17H,4-5,7,9H2,1-3H3. The Morgan fingerprint density at radius 1 is 1.08 bits per heavy atom. The molecule has 1 aromatic carbocycles. The molecule has 0 N–H and O–H groups in total. The Bertz CT molecular complexity index is 825. The molecule has 0 bridgehead atoms. The second kappa shape index (κ2) is 6.67. The van der Waals surface area contributed by atoms with E-state index in [0.29, 0.717) is 23.1 Å². The Morgan fingerprint density at radius 2 is 1.85 bits per heavy atom. The zero-order valence-corrected chi connectivity index (χ0v) is 15.4. The second-order valence-corrected chi connectivity index (χ2v) is 7.13. The van der Waals surface area contributed by atoms with Gasteiger partial charge in [0.1, 0.15) is 6.10 Å². The molecule has 2 atom stereocenters. The van der Waals surface area contributed by atoms with E-state index < -0.39 is 0 Å². The summed E-state index contributed by atoms with van der Waals surface area (Å²) in [6.45, 7) is 0. The summed E-state index contributed by atoms with van der Waals surface area (Å²) in [6.07, 6.45) is 4.79. The third-order valence-electron chi connectivity index (χ3n) is 5.52. The lowest BCUT2D eigenvalue weighted by molar-refractivity contribution is -0.0291. The molecule has 0 radical (unpaired) electrons. The number of hydrogen-bond acceptors (Lipinski definition) is 5. The van der Waals surface area contributed by atoms with Gasteiger partial charge in [-0.15, -0.1) is 0 Å². The van der Waals surface area contributed by atoms with Crippen LogP contribution in [0, 0.1) is 11.8 Å². The third-order valence-corrected chi connectivity index (χ3v) is 5.52. The lowest BCUT2D eigenvalue weighted by Crippen LogP contribution is -2.37. The molecule has 6 heteroatoms. The Balaban J connectivity index is 1.52. The van der Waals surface area contributed by atoms with Crippen LogP contribution in [0.2, 0.25) is 0 Å². The number of aromatic nitrogens is 2. The Morgan fingerprint density at radius 3 is 2.46 bits per heavy atom. The first-order valence-electron chi connectivity index (χ1n) is 9.08. The lowest BCUT2D eigenvalue weighted by atomic mass is 9.78. The number of benzene rings is 1. The van der Waals surface area contributed by atoms with Crippen LogP contribution >= 0.6 is 0 Å². The van der Waals surface area contributed by atoms with Gasteiger partial charge in [0.15, 0.2) is 17.2 Å². The molecule has 2 aromatic rings. The average molecular weight is 356 g/mol. The van der Waals surface area contributed by atoms with Gasteiger partial charge < -0.3 is 14.2 Å². The van der Waals surface area contributed by atoms with E-state index in [1.807, 2.05) is 25.2 Å². The van der Waals surface area contributed by atoms with Crippen LogP contribution < -0.4 is 9.47 Å². The zero-order chi connectivity index (χ0) is 18.3. The van der Waals surface area contributed by atoms with Crippen molar-refractivity contribution in [1.82, 2.24) is 9.78 Å². The molecule has 0 aliphatic heterocycles. The van der Waals surface area contributed by atoms with Crippen molar-refractivity contribution in [2.45, 2.75) is 31.8 Å². The van der Waals surface area contributed by atoms with Gasteiger partial charge in [-0.2, -0.15) is 5.10 Å². The number of nitrogens with zero attached hydrogens (tertiary/aromatic N) is 2. The number of methoxy groups -OCH3 is 2. The number of hydrogen-bond donors (Lipinski definition) is 0. The normalized spacial score (nSPS) is 21.8. The summed E-state index contributed by atoms with van der Waals surface area (Å²) in [6, 6.07) is 7.41. The molecular weight excluding hydrogens is 332 g/mol. The smallest absolute Gasteiger partial charge is 0.359 e. The maximum atomic E-state index is 12.5. The maximum Gasteiger partial charge on any atom is 0.359 e. The topological polar surface area (TPSA) is 62.6 Å². The van der Waals surface area contributed by atoms with E-state index in [-0.39, 0.29) is 12.1 Å². The molecule has 4 rings (SSSR count). The molecular formula is C20H24N2O4. The first-order chi connectivity index (χ1) is 12.6. The first kappa shape index (κ1) is 16.9. The van der Waals surface area contributed by atoms with Crippen LogP contribution in [-0.2, 0) is 11.8 Å². The Kier molecular flexibility index (Phi) is 4.34. The van der Waals surface area contributed by atoms with Crippen LogP contribution in [-0.4, -0.2) is 36.1 Å². The first-order valence-corrected chi connectivity index (χ1v) is 9.08. The fraction of sp³-hybridized carbons (Fsp3) is 0.500. The number of rotatable bonds is 6. The molecule has 2 aliphatic carbocycles. The maximum absolute atomic E-state index is 12.5. The molecule has 2 fully saturated rings. The van der Waals surface area contributed by atoms with Gasteiger partial charge in [0.25, 0.3) is 0 Å². The van der Waals surface area contributed by atoms with Gasteiger partial charge in [0.05, 0.1) is 19.9 Å². The SMILES string of the molecule is COc1ccc(-c2cc(C(=O)OC3CCC3C3CC3)nn2C)cc1OC. The largest absolute Gasteiger partial charge is 0.493 e. The summed E-state index contributed by atoms with van der Waals surface area (Å²) in [5.74, 6) is 2.30. The van der Waals surface area contributed by atoms with Crippen molar-refractivity contribution < 1.29 is 19.0 Å². The summed E-state index contributed by atoms with van der Waals surface area (Å²) in [5.41, 5.74) is 2.07. The van der Waals surface area contributed by atoms with Crippen molar-refractivity contribution in [3.05, 3.63) is 30.0 Å². The highest BCUT2D eigenvalue weighted by Crippen LogP contribution is 2.48. The van der Waals surface area contributed by atoms with Crippen molar-refractivity contribution in [1.29, 1.82) is 0 Å². The molecule has 26 heavy (non-hydrogen) atoms. The predicted molar refractivity (Wildman–Crippen MR) is 96.4 cm³/mol. The summed E-state index contributed by atoms with van der Waals surface area (Å²) < 4.78 is 18.0. The van der Waals surface area contributed by atoms with Gasteiger partial charge in [-0.3, -0.25) is 4.68 Å². The van der Waals surface area contributed by atoms with Crippen molar-refractivity contribution in [2.75, 3.05) is 14.2 Å². The van der Waals surface area contributed by atoms with Crippen LogP contribution in [0.3, 0.4) is 0 Å². The summed E-state index contributed by atoms with van der Waals surface area (Å²) >= 11 is 0. The van der Waals surface area contributed by atoms with Crippen LogP contribution in [0.4, 0.5) is 0 Å². The Hall–Kier alpha value is -2.50. The minimum absolute atomic E-state index is 0.0709. The highest BCUT2D eigenvalue weighted by atomic mass is 16.5.